The third-order valence-corrected chi connectivity index (χ3v) is 5.08. The second-order valence-electron chi connectivity index (χ2n) is 6.23. The lowest BCUT2D eigenvalue weighted by molar-refractivity contribution is -0.142. The van der Waals surface area contributed by atoms with Crippen LogP contribution in [0.4, 0.5) is 26.3 Å². The van der Waals surface area contributed by atoms with Crippen molar-refractivity contribution in [1.29, 1.82) is 0 Å². The van der Waals surface area contributed by atoms with E-state index in [0.29, 0.717) is 12.1 Å². The lowest BCUT2D eigenvalue weighted by Crippen LogP contribution is -2.44. The minimum Gasteiger partial charge on any atom is -0.467 e. The number of nitrogens with one attached hydrogen (secondary N) is 1. The van der Waals surface area contributed by atoms with Gasteiger partial charge in [0, 0.05) is 11.3 Å². The summed E-state index contributed by atoms with van der Waals surface area (Å²) in [6.45, 7) is 0. The summed E-state index contributed by atoms with van der Waals surface area (Å²) in [5.41, 5.74) is -3.87. The topological polar surface area (TPSA) is 72.5 Å². The molecule has 0 heterocycles. The Balaban J connectivity index is 2.21. The number of rotatable bonds is 6. The third-order valence-electron chi connectivity index (χ3n) is 4.10. The summed E-state index contributed by atoms with van der Waals surface area (Å²) in [6.07, 6.45) is -9.65. The second kappa shape index (κ2) is 10.1. The van der Waals surface area contributed by atoms with Gasteiger partial charge in [0.25, 0.3) is 5.91 Å². The fourth-order valence-electron chi connectivity index (χ4n) is 2.62. The van der Waals surface area contributed by atoms with Crippen molar-refractivity contribution in [2.75, 3.05) is 12.9 Å². The third kappa shape index (κ3) is 6.25. The van der Waals surface area contributed by atoms with Crippen molar-refractivity contribution in [3.63, 3.8) is 0 Å². The van der Waals surface area contributed by atoms with E-state index in [1.807, 2.05) is 5.32 Å². The lowest BCUT2D eigenvalue weighted by atomic mass is 10.1. The van der Waals surface area contributed by atoms with E-state index in [0.717, 1.165) is 31.4 Å². The Hall–Kier alpha value is -3.02. The number of esters is 1. The van der Waals surface area contributed by atoms with Gasteiger partial charge in [-0.2, -0.15) is 26.3 Å². The van der Waals surface area contributed by atoms with Crippen LogP contribution in [0.15, 0.2) is 48.5 Å². The summed E-state index contributed by atoms with van der Waals surface area (Å²) < 4.78 is 83.2. The molecule has 2 aromatic carbocycles. The Morgan fingerprint density at radius 1 is 0.875 bits per heavy atom. The summed E-state index contributed by atoms with van der Waals surface area (Å²) in [5.74, 6) is -2.93. The van der Waals surface area contributed by atoms with E-state index in [2.05, 4.69) is 4.74 Å². The van der Waals surface area contributed by atoms with Crippen molar-refractivity contribution in [3.05, 3.63) is 70.8 Å². The van der Waals surface area contributed by atoms with E-state index in [-0.39, 0.29) is 11.8 Å². The average molecular weight is 479 g/mol. The molecule has 0 unspecified atom stereocenters. The number of carbonyl (C=O) groups excluding carboxylic acids is 3. The van der Waals surface area contributed by atoms with Crippen LogP contribution in [0.2, 0.25) is 0 Å². The van der Waals surface area contributed by atoms with Crippen LogP contribution >= 0.6 is 11.8 Å². The van der Waals surface area contributed by atoms with Crippen molar-refractivity contribution < 1.29 is 45.5 Å². The van der Waals surface area contributed by atoms with Crippen LogP contribution in [0.5, 0.6) is 0 Å². The Kier molecular flexibility index (Phi) is 7.94. The van der Waals surface area contributed by atoms with Crippen LogP contribution in [0.1, 0.15) is 31.8 Å². The zero-order valence-electron chi connectivity index (χ0n) is 16.2. The number of alkyl halides is 6. The van der Waals surface area contributed by atoms with Gasteiger partial charge in [0.1, 0.15) is 6.04 Å². The molecule has 5 nitrogen and oxygen atoms in total. The Morgan fingerprint density at radius 2 is 1.34 bits per heavy atom. The predicted octanol–water partition coefficient (Wildman–Crippen LogP) is 4.57. The first kappa shape index (κ1) is 25.2. The van der Waals surface area contributed by atoms with E-state index in [9.17, 15) is 40.7 Å². The van der Waals surface area contributed by atoms with Gasteiger partial charge in [0.2, 0.25) is 5.12 Å². The molecule has 0 aromatic heterocycles. The van der Waals surface area contributed by atoms with Crippen LogP contribution in [-0.4, -0.2) is 35.9 Å². The van der Waals surface area contributed by atoms with Crippen LogP contribution in [0.25, 0.3) is 0 Å². The maximum atomic E-state index is 13.1. The summed E-state index contributed by atoms with van der Waals surface area (Å²) in [6, 6.07) is 6.20. The van der Waals surface area contributed by atoms with Crippen LogP contribution in [-0.2, 0) is 21.9 Å². The molecule has 1 atom stereocenters. The molecule has 2 rings (SSSR count). The van der Waals surface area contributed by atoms with E-state index in [1.165, 1.54) is 12.1 Å². The molecule has 1 N–H and O–H groups in total. The fourth-order valence-corrected chi connectivity index (χ4v) is 3.49. The zero-order valence-corrected chi connectivity index (χ0v) is 17.0. The highest BCUT2D eigenvalue weighted by molar-refractivity contribution is 8.14. The number of benzene rings is 2. The molecular formula is C20H15F6NO4S. The molecule has 0 saturated carbocycles. The molecule has 32 heavy (non-hydrogen) atoms. The van der Waals surface area contributed by atoms with Gasteiger partial charge in [0.15, 0.2) is 0 Å². The molecule has 0 aliphatic heterocycles. The number of hydrogen-bond donors (Lipinski definition) is 1. The molecule has 2 aromatic rings. The molecule has 0 spiro atoms. The predicted molar refractivity (Wildman–Crippen MR) is 103 cm³/mol. The van der Waals surface area contributed by atoms with Gasteiger partial charge < -0.3 is 10.1 Å². The lowest BCUT2D eigenvalue weighted by Gasteiger charge is -2.18. The number of thioether (sulfide) groups is 1. The highest BCUT2D eigenvalue weighted by Gasteiger charge is 2.37. The molecule has 0 aliphatic rings. The maximum Gasteiger partial charge on any atom is 0.417 e. The maximum absolute atomic E-state index is 13.1. The summed E-state index contributed by atoms with van der Waals surface area (Å²) >= 11 is 0.282. The normalized spacial score (nSPS) is 12.7. The van der Waals surface area contributed by atoms with Gasteiger partial charge in [0.05, 0.1) is 23.8 Å². The molecule has 1 amide bonds. The highest BCUT2D eigenvalue weighted by Crippen LogP contribution is 2.34. The number of halogens is 6. The van der Waals surface area contributed by atoms with Crippen molar-refractivity contribution in [2.45, 2.75) is 18.4 Å². The largest absolute Gasteiger partial charge is 0.467 e. The zero-order chi connectivity index (χ0) is 24.1. The monoisotopic (exact) mass is 479 g/mol. The van der Waals surface area contributed by atoms with Crippen molar-refractivity contribution in [2.24, 2.45) is 0 Å². The second-order valence-corrected chi connectivity index (χ2v) is 7.23. The quantitative estimate of drug-likeness (QED) is 0.486. The van der Waals surface area contributed by atoms with Crippen molar-refractivity contribution >= 4 is 28.8 Å². The van der Waals surface area contributed by atoms with Gasteiger partial charge in [-0.1, -0.05) is 36.0 Å². The fraction of sp³-hybridized carbons (Fsp3) is 0.250. The highest BCUT2D eigenvalue weighted by atomic mass is 32.2. The van der Waals surface area contributed by atoms with E-state index < -0.39 is 63.4 Å². The van der Waals surface area contributed by atoms with Crippen molar-refractivity contribution in [3.8, 4) is 0 Å². The van der Waals surface area contributed by atoms with Crippen LogP contribution in [0, 0.1) is 0 Å². The molecule has 0 aliphatic carbocycles. The molecule has 12 heteroatoms. The smallest absolute Gasteiger partial charge is 0.417 e. The number of carbonyl (C=O) groups is 3. The Morgan fingerprint density at radius 3 is 1.84 bits per heavy atom. The van der Waals surface area contributed by atoms with Crippen molar-refractivity contribution in [1.82, 2.24) is 5.32 Å². The first-order valence-electron chi connectivity index (χ1n) is 8.74. The molecular weight excluding hydrogens is 464 g/mol. The minimum absolute atomic E-state index is 0.282. The SMILES string of the molecule is COC(=O)[C@H](CSC(=O)c1ccccc1C(F)(F)F)NC(=O)c1ccccc1C(F)(F)F. The summed E-state index contributed by atoms with van der Waals surface area (Å²) in [4.78, 5) is 36.7. The van der Waals surface area contributed by atoms with Gasteiger partial charge in [-0.15, -0.1) is 0 Å². The van der Waals surface area contributed by atoms with Gasteiger partial charge in [-0.05, 0) is 24.3 Å². The molecule has 0 bridgehead atoms. The van der Waals surface area contributed by atoms with Gasteiger partial charge >= 0.3 is 18.3 Å². The van der Waals surface area contributed by atoms with E-state index in [1.54, 1.807) is 0 Å². The average Bonchev–Trinajstić information content (AvgIpc) is 2.74. The Labute approximate surface area is 182 Å². The number of amides is 1. The molecule has 0 fully saturated rings. The first-order chi connectivity index (χ1) is 14.9. The van der Waals surface area contributed by atoms with E-state index >= 15 is 0 Å². The number of methoxy groups -OCH3 is 1. The molecule has 0 saturated heterocycles. The van der Waals surface area contributed by atoms with Gasteiger partial charge in [-0.3, -0.25) is 9.59 Å². The standard InChI is InChI=1S/C20H15F6NO4S/c1-31-17(29)15(27-16(28)11-6-2-4-8-13(11)19(21,22)23)10-32-18(30)12-7-3-5-9-14(12)20(24,25)26/h2-9,15H,10H2,1H3,(H,27,28)/t15-/m0/s1. The number of hydrogen-bond acceptors (Lipinski definition) is 5. The van der Waals surface area contributed by atoms with Crippen LogP contribution in [0.3, 0.4) is 0 Å². The number of ether oxygens (including phenoxy) is 1. The summed E-state index contributed by atoms with van der Waals surface area (Å²) in [5, 5.41) is 0.995. The first-order valence-corrected chi connectivity index (χ1v) is 9.73. The Bertz CT molecular complexity index is 1010. The van der Waals surface area contributed by atoms with Crippen LogP contribution < -0.4 is 5.32 Å². The molecule has 0 radical (unpaired) electrons. The van der Waals surface area contributed by atoms with E-state index in [4.69, 9.17) is 0 Å². The molecule has 172 valence electrons. The van der Waals surface area contributed by atoms with Gasteiger partial charge in [-0.25, -0.2) is 4.79 Å². The minimum atomic E-state index is -4.85. The summed E-state index contributed by atoms with van der Waals surface area (Å²) in [7, 11) is 0.941.